The quantitative estimate of drug-likeness (QED) is 0.223. The van der Waals surface area contributed by atoms with E-state index in [4.69, 9.17) is 0 Å². The number of aromatic nitrogens is 4. The van der Waals surface area contributed by atoms with E-state index in [0.717, 1.165) is 109 Å². The van der Waals surface area contributed by atoms with Crippen molar-refractivity contribution < 1.29 is 18.8 Å². The molecule has 14 heteroatoms. The summed E-state index contributed by atoms with van der Waals surface area (Å²) in [4.78, 5) is 65.8. The lowest BCUT2D eigenvalue weighted by Gasteiger charge is -2.45. The molecule has 2 aromatic carbocycles. The number of imide groups is 1. The summed E-state index contributed by atoms with van der Waals surface area (Å²) in [5.74, 6) is -0.563. The van der Waals surface area contributed by atoms with E-state index in [2.05, 4.69) is 47.4 Å². The number of fused-ring (bicyclic) bond motifs is 7. The van der Waals surface area contributed by atoms with Gasteiger partial charge in [-0.05, 0) is 73.6 Å². The van der Waals surface area contributed by atoms with Crippen molar-refractivity contribution >= 4 is 40.1 Å². The summed E-state index contributed by atoms with van der Waals surface area (Å²) in [6.45, 7) is 7.28. The minimum Gasteiger partial charge on any atom is -0.371 e. The number of piperidine rings is 1. The van der Waals surface area contributed by atoms with Crippen LogP contribution in [0.2, 0.25) is 0 Å². The van der Waals surface area contributed by atoms with Gasteiger partial charge in [-0.15, -0.1) is 0 Å². The van der Waals surface area contributed by atoms with Crippen LogP contribution in [0.3, 0.4) is 0 Å². The number of imidazole rings is 1. The van der Waals surface area contributed by atoms with Gasteiger partial charge in [0.1, 0.15) is 11.7 Å². The monoisotopic (exact) mass is 769 g/mol. The van der Waals surface area contributed by atoms with Gasteiger partial charge in [0.05, 0.1) is 22.3 Å². The van der Waals surface area contributed by atoms with Crippen molar-refractivity contribution in [1.29, 1.82) is 0 Å². The topological polar surface area (TPSA) is 141 Å². The van der Waals surface area contributed by atoms with Crippen LogP contribution in [0.1, 0.15) is 58.9 Å². The van der Waals surface area contributed by atoms with E-state index in [1.54, 1.807) is 11.6 Å². The number of carbonyl (C=O) groups excluding carboxylic acids is 3. The zero-order valence-corrected chi connectivity index (χ0v) is 31.9. The van der Waals surface area contributed by atoms with Gasteiger partial charge in [0, 0.05) is 112 Å². The van der Waals surface area contributed by atoms with E-state index < -0.39 is 11.9 Å². The molecule has 3 aromatic heterocycles. The van der Waals surface area contributed by atoms with Crippen molar-refractivity contribution in [2.75, 3.05) is 62.2 Å². The van der Waals surface area contributed by atoms with Gasteiger partial charge in [0.25, 0.3) is 5.91 Å². The van der Waals surface area contributed by atoms with Crippen molar-refractivity contribution in [3.8, 4) is 22.5 Å². The molecule has 0 radical (unpaired) electrons. The Morgan fingerprint density at radius 3 is 2.40 bits per heavy atom. The maximum absolute atomic E-state index is 16.5. The maximum Gasteiger partial charge on any atom is 0.329 e. The minimum atomic E-state index is -0.692. The zero-order valence-electron chi connectivity index (χ0n) is 31.9. The predicted octanol–water partition coefficient (Wildman–Crippen LogP) is 3.65. The van der Waals surface area contributed by atoms with Crippen molar-refractivity contribution in [2.45, 2.75) is 50.0 Å². The van der Waals surface area contributed by atoms with Gasteiger partial charge in [0.15, 0.2) is 5.82 Å². The molecular formula is C43H44FN9O4. The molecule has 1 spiro atoms. The van der Waals surface area contributed by atoms with Gasteiger partial charge >= 0.3 is 5.69 Å². The molecule has 3 saturated heterocycles. The number of nitrogens with one attached hydrogen (secondary N) is 3. The highest BCUT2D eigenvalue weighted by Crippen LogP contribution is 2.53. The van der Waals surface area contributed by atoms with Gasteiger partial charge in [-0.1, -0.05) is 12.1 Å². The fourth-order valence-electron chi connectivity index (χ4n) is 10.2. The Morgan fingerprint density at radius 1 is 0.877 bits per heavy atom. The molecule has 13 nitrogen and oxygen atoms in total. The fraction of sp³-hybridized carbons (Fsp3) is 0.419. The molecule has 0 bridgehead atoms. The molecule has 292 valence electrons. The Kier molecular flexibility index (Phi) is 7.64. The highest BCUT2D eigenvalue weighted by atomic mass is 19.1. The number of hydrogen-bond acceptors (Lipinski definition) is 8. The molecule has 3 amide bonds. The molecule has 3 N–H and O–H groups in total. The Balaban J connectivity index is 0.722. The average molecular weight is 770 g/mol. The molecule has 5 aromatic rings. The number of hydrogen-bond donors (Lipinski definition) is 3. The first-order chi connectivity index (χ1) is 27.7. The Hall–Kier alpha value is -5.76. The first-order valence-electron chi connectivity index (χ1n) is 20.2. The van der Waals surface area contributed by atoms with Crippen LogP contribution >= 0.6 is 0 Å². The van der Waals surface area contributed by atoms with Crippen LogP contribution in [0.5, 0.6) is 0 Å². The van der Waals surface area contributed by atoms with Gasteiger partial charge in [0.2, 0.25) is 11.8 Å². The maximum atomic E-state index is 16.5. The van der Waals surface area contributed by atoms with E-state index in [1.165, 1.54) is 4.57 Å². The molecule has 1 atom stereocenters. The Morgan fingerprint density at radius 2 is 1.65 bits per heavy atom. The number of amides is 3. The summed E-state index contributed by atoms with van der Waals surface area (Å²) in [7, 11) is 1.73. The van der Waals surface area contributed by atoms with Crippen LogP contribution in [-0.4, -0.2) is 94.1 Å². The van der Waals surface area contributed by atoms with Crippen LogP contribution in [0.25, 0.3) is 33.5 Å². The largest absolute Gasteiger partial charge is 0.371 e. The number of H-pyrrole nitrogens is 1. The molecule has 11 rings (SSSR count). The minimum absolute atomic E-state index is 0.0220. The summed E-state index contributed by atoms with van der Waals surface area (Å²) in [5.41, 5.74) is 9.30. The summed E-state index contributed by atoms with van der Waals surface area (Å²) >= 11 is 0. The highest BCUT2D eigenvalue weighted by Gasteiger charge is 2.52. The predicted molar refractivity (Wildman–Crippen MR) is 213 cm³/mol. The number of halogens is 1. The normalized spacial score (nSPS) is 21.6. The lowest BCUT2D eigenvalue weighted by molar-refractivity contribution is -0.135. The number of pyridine rings is 1. The van der Waals surface area contributed by atoms with Crippen molar-refractivity contribution in [2.24, 2.45) is 13.0 Å². The van der Waals surface area contributed by atoms with Gasteiger partial charge in [-0.2, -0.15) is 0 Å². The zero-order chi connectivity index (χ0) is 38.7. The summed E-state index contributed by atoms with van der Waals surface area (Å²) in [6.07, 6.45) is 5.77. The molecule has 4 aliphatic heterocycles. The second-order valence-electron chi connectivity index (χ2n) is 17.0. The molecule has 2 aliphatic carbocycles. The first kappa shape index (κ1) is 34.5. The van der Waals surface area contributed by atoms with Gasteiger partial charge < -0.3 is 20.1 Å². The lowest BCUT2D eigenvalue weighted by Crippen LogP contribution is -2.55. The SMILES string of the molecule is Cn1c(=O)n(C2CCC(=O)NC2=O)c2ccc(N3CC(CN4CCN(c5ccc(-c6ncc7c(c6F)-c6[nH]c8c(c6CC7)C(=O)NCC86CC6)cc5)CC4)C3)cc21. The lowest BCUT2D eigenvalue weighted by atomic mass is 9.85. The number of benzene rings is 2. The van der Waals surface area contributed by atoms with Crippen LogP contribution in [-0.2, 0) is 34.9 Å². The van der Waals surface area contributed by atoms with Gasteiger partial charge in [-0.25, -0.2) is 9.18 Å². The molecule has 1 unspecified atom stereocenters. The standard InChI is InChI=1S/C43H44FN9O4/c1-49-32-18-28(7-9-30(32)53(42(49)57)31-10-11-33(54)47-40(31)55)52-21-24(22-52)20-50-14-16-51(17-15-50)27-5-2-25(3-6-27)37-36(44)34-26(19-45-37)4-8-29-35-39(48-38(29)34)43(12-13-43)23-46-41(35)56/h2-3,5-7,9,18-19,24,31,48H,4,8,10-17,20-23H2,1H3,(H,46,56)(H,47,54,55). The number of anilines is 2. The number of piperazine rings is 1. The van der Waals surface area contributed by atoms with Crippen LogP contribution in [0.4, 0.5) is 15.8 Å². The fourth-order valence-corrected chi connectivity index (χ4v) is 10.2. The third-order valence-corrected chi connectivity index (χ3v) is 13.6. The van der Waals surface area contributed by atoms with Crippen LogP contribution in [0.15, 0.2) is 53.5 Å². The highest BCUT2D eigenvalue weighted by molar-refractivity contribution is 6.02. The second-order valence-corrected chi connectivity index (χ2v) is 17.0. The molecule has 6 aliphatic rings. The molecular weight excluding hydrogens is 726 g/mol. The molecule has 4 fully saturated rings. The average Bonchev–Trinajstić information content (AvgIpc) is 3.80. The van der Waals surface area contributed by atoms with Crippen LogP contribution in [0, 0.1) is 11.7 Å². The number of nitrogens with zero attached hydrogens (tertiary/aromatic N) is 6. The van der Waals surface area contributed by atoms with Crippen LogP contribution < -0.4 is 26.1 Å². The van der Waals surface area contributed by atoms with E-state index in [1.807, 2.05) is 36.5 Å². The van der Waals surface area contributed by atoms with Crippen molar-refractivity contribution in [3.05, 3.63) is 87.3 Å². The number of rotatable bonds is 6. The number of aryl methyl sites for hydroxylation is 2. The van der Waals surface area contributed by atoms with E-state index in [9.17, 15) is 19.2 Å². The number of aromatic amines is 1. The third kappa shape index (κ3) is 5.39. The molecule has 1 saturated carbocycles. The Labute approximate surface area is 327 Å². The van der Waals surface area contributed by atoms with Crippen molar-refractivity contribution in [3.63, 3.8) is 0 Å². The van der Waals surface area contributed by atoms with E-state index in [0.29, 0.717) is 48.5 Å². The summed E-state index contributed by atoms with van der Waals surface area (Å²) in [5, 5.41) is 5.45. The first-order valence-corrected chi connectivity index (χ1v) is 20.2. The van der Waals surface area contributed by atoms with E-state index >= 15 is 4.39 Å². The van der Waals surface area contributed by atoms with Gasteiger partial charge in [-0.3, -0.25) is 38.7 Å². The summed E-state index contributed by atoms with van der Waals surface area (Å²) < 4.78 is 19.6. The molecule has 57 heavy (non-hydrogen) atoms. The van der Waals surface area contributed by atoms with Crippen molar-refractivity contribution in [1.82, 2.24) is 34.6 Å². The van der Waals surface area contributed by atoms with E-state index in [-0.39, 0.29) is 35.2 Å². The summed E-state index contributed by atoms with van der Waals surface area (Å²) in [6, 6.07) is 13.4. The molecule has 7 heterocycles. The smallest absolute Gasteiger partial charge is 0.329 e. The second kappa shape index (κ2) is 12.6. The Bertz CT molecular complexity index is 2590. The third-order valence-electron chi connectivity index (χ3n) is 13.6. The number of carbonyl (C=O) groups is 3.